The zero-order valence-corrected chi connectivity index (χ0v) is 48.8. The molecule has 9 unspecified atom stereocenters. The lowest BCUT2D eigenvalue weighted by atomic mass is 9.84. The summed E-state index contributed by atoms with van der Waals surface area (Å²) in [5.74, 6) is -10.6. The first-order chi connectivity index (χ1) is 37.2. The third kappa shape index (κ3) is 18.3. The predicted octanol–water partition coefficient (Wildman–Crippen LogP) is -1.47. The quantitative estimate of drug-likeness (QED) is 0.0378. The average Bonchev–Trinajstić information content (AvgIpc) is 3.89. The van der Waals surface area contributed by atoms with E-state index in [0.29, 0.717) is 12.8 Å². The Balaban J connectivity index is 1.62. The topological polar surface area (TPSA) is 403 Å². The van der Waals surface area contributed by atoms with Crippen LogP contribution in [0.25, 0.3) is 0 Å². The first-order valence-corrected chi connectivity index (χ1v) is 28.1. The van der Waals surface area contributed by atoms with Gasteiger partial charge in [-0.3, -0.25) is 43.2 Å². The molecule has 0 aromatic heterocycles. The Kier molecular flexibility index (Phi) is 27.3. The van der Waals surface area contributed by atoms with Gasteiger partial charge in [-0.1, -0.05) is 69.2 Å². The summed E-state index contributed by atoms with van der Waals surface area (Å²) in [7, 11) is 0. The zero-order valence-electron chi connectivity index (χ0n) is 48.8. The Labute approximate surface area is 469 Å². The van der Waals surface area contributed by atoms with Crippen molar-refractivity contribution in [1.82, 2.24) is 20.9 Å². The predicted molar refractivity (Wildman–Crippen MR) is 287 cm³/mol. The largest absolute Gasteiger partial charge is 0.394 e. The molecule has 5 amide bonds. The number of likely N-dealkylation sites (tertiary alicyclic amines) is 1. The van der Waals surface area contributed by atoms with Crippen molar-refractivity contribution in [1.29, 1.82) is 0 Å². The number of ether oxygens (including phenoxy) is 4. The van der Waals surface area contributed by atoms with E-state index in [4.69, 9.17) is 30.4 Å². The summed E-state index contributed by atoms with van der Waals surface area (Å²) in [5.41, 5.74) is 11.8. The third-order valence-electron chi connectivity index (χ3n) is 16.0. The third-order valence-corrected chi connectivity index (χ3v) is 16.0. The molecule has 3 fully saturated rings. The molecule has 0 radical (unpaired) electrons. The van der Waals surface area contributed by atoms with Crippen LogP contribution in [0.3, 0.4) is 0 Å². The molecular weight excluding hydrogens is 1050 g/mol. The standard InChI is InChI=1S/C55H94N6O19/c1-23(2)32(52(75)60-43(26(7)8)39(67)19-33(24(3)4)51(74)59-30(12)49(57)72)18-36(64)29(11)58-50(73)27(9)17-37(65)35-15-14-16-61(35)53(76)34(25(5)6)20-38(66)42(56)31(13)77-54-28(10)48(45(69)41(22-63)78-54)80-55-47(71)46(70)44(68)40(21-62)79-55/h23-35,40-48,54-55,62-63,68-71H,14-22,56H2,1-13H3,(H2,57,72)(H,58,73)(H,59,74)(H,60,75)/t27?,28?,29-,30-,31?,32?,33?,34?,35-,40?,41?,42-,43-,44-,45-,46-,47?,48+,54-,55-/m0/s1. The number of hydrogen-bond acceptors (Lipinski definition) is 20. The van der Waals surface area contributed by atoms with E-state index in [0.717, 1.165) is 0 Å². The number of nitrogens with zero attached hydrogens (tertiary/aromatic N) is 1. The van der Waals surface area contributed by atoms with Crippen LogP contribution in [-0.2, 0) is 62.1 Å². The molecular formula is C55H94N6O19. The van der Waals surface area contributed by atoms with Crippen molar-refractivity contribution in [3.8, 4) is 0 Å². The van der Waals surface area contributed by atoms with E-state index in [1.54, 1.807) is 62.3 Å². The van der Waals surface area contributed by atoms with Gasteiger partial charge in [-0.25, -0.2) is 0 Å². The lowest BCUT2D eigenvalue weighted by Crippen LogP contribution is -2.63. The van der Waals surface area contributed by atoms with Crippen LogP contribution in [0.2, 0.25) is 0 Å². The number of Topliss-reactive ketones (excluding diaryl/α,β-unsaturated/α-hetero) is 4. The Morgan fingerprint density at radius 3 is 1.62 bits per heavy atom. The summed E-state index contributed by atoms with van der Waals surface area (Å²) >= 11 is 0. The van der Waals surface area contributed by atoms with Gasteiger partial charge in [0.05, 0.1) is 49.6 Å². The number of nitrogens with one attached hydrogen (secondary N) is 3. The number of carbonyl (C=O) groups excluding carboxylic acids is 9. The van der Waals surface area contributed by atoms with Crippen molar-refractivity contribution in [2.75, 3.05) is 19.8 Å². The molecule has 3 aliphatic rings. The number of aliphatic hydroxyl groups is 6. The van der Waals surface area contributed by atoms with Crippen LogP contribution in [0.15, 0.2) is 0 Å². The molecule has 3 heterocycles. The van der Waals surface area contributed by atoms with E-state index in [9.17, 15) is 73.8 Å². The van der Waals surface area contributed by atoms with E-state index in [1.165, 1.54) is 32.6 Å². The lowest BCUT2D eigenvalue weighted by molar-refractivity contribution is -0.354. The molecule has 25 heteroatoms. The van der Waals surface area contributed by atoms with Gasteiger partial charge in [-0.05, 0) is 57.3 Å². The normalized spacial score (nSPS) is 28.8. The van der Waals surface area contributed by atoms with Gasteiger partial charge in [0, 0.05) is 61.8 Å². The molecule has 0 aromatic rings. The summed E-state index contributed by atoms with van der Waals surface area (Å²) < 4.78 is 23.3. The molecule has 0 saturated carbocycles. The Morgan fingerprint density at radius 1 is 0.600 bits per heavy atom. The minimum atomic E-state index is -1.80. The van der Waals surface area contributed by atoms with Gasteiger partial charge in [0.25, 0.3) is 0 Å². The van der Waals surface area contributed by atoms with Gasteiger partial charge in [0.15, 0.2) is 35.7 Å². The first kappa shape index (κ1) is 69.9. The molecule has 20 atom stereocenters. The van der Waals surface area contributed by atoms with Crippen LogP contribution in [0.5, 0.6) is 0 Å². The number of carbonyl (C=O) groups is 9. The lowest BCUT2D eigenvalue weighted by Gasteiger charge is -2.47. The maximum Gasteiger partial charge on any atom is 0.239 e. The minimum absolute atomic E-state index is 0.218. The number of rotatable bonds is 31. The summed E-state index contributed by atoms with van der Waals surface area (Å²) in [6.45, 7) is 20.2. The minimum Gasteiger partial charge on any atom is -0.394 e. The summed E-state index contributed by atoms with van der Waals surface area (Å²) in [6.07, 6.45) is -14.9. The Morgan fingerprint density at radius 2 is 1.10 bits per heavy atom. The van der Waals surface area contributed by atoms with Crippen LogP contribution in [0, 0.1) is 53.3 Å². The van der Waals surface area contributed by atoms with E-state index in [-0.39, 0.29) is 50.0 Å². The average molecular weight is 1140 g/mol. The molecule has 0 aliphatic carbocycles. The Hall–Kier alpha value is -4.41. The zero-order chi connectivity index (χ0) is 60.9. The number of ketones is 4. The molecule has 25 nitrogen and oxygen atoms in total. The number of hydrogen-bond donors (Lipinski definition) is 11. The van der Waals surface area contributed by atoms with Crippen LogP contribution in [0.4, 0.5) is 0 Å². The number of primary amides is 1. The van der Waals surface area contributed by atoms with E-state index in [2.05, 4.69) is 16.0 Å². The second-order valence-corrected chi connectivity index (χ2v) is 23.7. The molecule has 0 spiro atoms. The molecule has 3 aliphatic heterocycles. The van der Waals surface area contributed by atoms with Crippen LogP contribution >= 0.6 is 0 Å². The number of aliphatic hydroxyl groups excluding tert-OH is 6. The summed E-state index contributed by atoms with van der Waals surface area (Å²) in [5, 5.41) is 69.8. The highest BCUT2D eigenvalue weighted by Crippen LogP contribution is 2.34. The van der Waals surface area contributed by atoms with Crippen molar-refractivity contribution in [3.05, 3.63) is 0 Å². The van der Waals surface area contributed by atoms with Gasteiger partial charge < -0.3 is 81.9 Å². The molecule has 0 aromatic carbocycles. The highest BCUT2D eigenvalue weighted by Gasteiger charge is 2.51. The van der Waals surface area contributed by atoms with Gasteiger partial charge in [0.1, 0.15) is 42.7 Å². The first-order valence-electron chi connectivity index (χ1n) is 28.1. The van der Waals surface area contributed by atoms with Crippen LogP contribution < -0.4 is 27.4 Å². The van der Waals surface area contributed by atoms with Crippen LogP contribution in [0.1, 0.15) is 129 Å². The highest BCUT2D eigenvalue weighted by atomic mass is 16.7. The van der Waals surface area contributed by atoms with Crippen molar-refractivity contribution in [3.63, 3.8) is 0 Å². The highest BCUT2D eigenvalue weighted by molar-refractivity contribution is 5.98. The molecule has 3 saturated heterocycles. The molecule has 3 rings (SSSR count). The van der Waals surface area contributed by atoms with E-state index >= 15 is 0 Å². The molecule has 0 bridgehead atoms. The SMILES string of the molecule is CC(CC(=O)[C@@H]1CCCN1C(=O)C(CC(=O)[C@@H](N)C(C)O[C@H]1OC(CO)[C@H](O)[C@H](O[C@@H]2OC(CO)[C@H](O)[C@H](O)C2O)C1C)C(C)C)C(=O)N[C@@H](C)C(=O)CC(C(=O)N[C@H](C(=O)CC(C(=O)N[C@@H](C)C(N)=O)C(C)C)C(C)C)C(C)C. The van der Waals surface area contributed by atoms with E-state index < -0.39 is 193 Å². The second-order valence-electron chi connectivity index (χ2n) is 23.7. The maximum atomic E-state index is 14.3. The summed E-state index contributed by atoms with van der Waals surface area (Å²) in [4.78, 5) is 123. The van der Waals surface area contributed by atoms with E-state index in [1.807, 2.05) is 0 Å². The van der Waals surface area contributed by atoms with Crippen molar-refractivity contribution in [2.45, 2.75) is 220 Å². The fraction of sp³-hybridized carbons (Fsp3) is 0.836. The van der Waals surface area contributed by atoms with Crippen molar-refractivity contribution < 1.29 is 92.7 Å². The fourth-order valence-electron chi connectivity index (χ4n) is 10.2. The smallest absolute Gasteiger partial charge is 0.239 e. The molecule has 458 valence electrons. The second kappa shape index (κ2) is 31.3. The maximum absolute atomic E-state index is 14.3. The van der Waals surface area contributed by atoms with Gasteiger partial charge >= 0.3 is 0 Å². The van der Waals surface area contributed by atoms with Crippen LogP contribution in [-0.4, -0.2) is 200 Å². The fourth-order valence-corrected chi connectivity index (χ4v) is 10.2. The number of nitrogens with two attached hydrogens (primary N) is 2. The van der Waals surface area contributed by atoms with Crippen molar-refractivity contribution >= 4 is 52.7 Å². The number of amides is 5. The van der Waals surface area contributed by atoms with Gasteiger partial charge in [0.2, 0.25) is 29.5 Å². The summed E-state index contributed by atoms with van der Waals surface area (Å²) in [6, 6.07) is -5.25. The van der Waals surface area contributed by atoms with Crippen molar-refractivity contribution in [2.24, 2.45) is 64.7 Å². The monoisotopic (exact) mass is 1140 g/mol. The van der Waals surface area contributed by atoms with Gasteiger partial charge in [-0.2, -0.15) is 0 Å². The molecule has 80 heavy (non-hydrogen) atoms. The molecule has 13 N–H and O–H groups in total. The Bertz CT molecular complexity index is 2130. The van der Waals surface area contributed by atoms with Gasteiger partial charge in [-0.15, -0.1) is 0 Å².